The molecule has 0 aliphatic rings. The number of ether oxygens (including phenoxy) is 1. The van der Waals surface area contributed by atoms with E-state index in [0.29, 0.717) is 30.4 Å². The molecule has 0 radical (unpaired) electrons. The Hall–Kier alpha value is -3.94. The lowest BCUT2D eigenvalue weighted by Gasteiger charge is -2.08. The molecular formula is C20H18N6O2. The molecular weight excluding hydrogens is 356 g/mol. The summed E-state index contributed by atoms with van der Waals surface area (Å²) in [5.74, 6) is 2.57. The molecule has 8 heteroatoms. The fraction of sp³-hybridized carbons (Fsp3) is 0.100. The number of carbonyl (C=O) groups is 1. The number of carbonyl (C=O) groups excluding carboxylic acids is 1. The molecule has 1 amide bonds. The number of hydrogen-bond acceptors (Lipinski definition) is 6. The van der Waals surface area contributed by atoms with Crippen LogP contribution in [-0.4, -0.2) is 32.5 Å². The third kappa shape index (κ3) is 3.90. The maximum absolute atomic E-state index is 10.6. The van der Waals surface area contributed by atoms with E-state index in [9.17, 15) is 4.79 Å². The first kappa shape index (κ1) is 17.5. The van der Waals surface area contributed by atoms with Gasteiger partial charge >= 0.3 is 0 Å². The summed E-state index contributed by atoms with van der Waals surface area (Å²) in [6.45, 7) is 0.675. The van der Waals surface area contributed by atoms with Crippen molar-refractivity contribution in [3.8, 4) is 11.5 Å². The summed E-state index contributed by atoms with van der Waals surface area (Å²) in [6, 6.07) is 17.7. The van der Waals surface area contributed by atoms with E-state index in [1.165, 1.54) is 5.56 Å². The average Bonchev–Trinajstić information content (AvgIpc) is 3.14. The van der Waals surface area contributed by atoms with Gasteiger partial charge in [0.25, 0.3) is 0 Å². The quantitative estimate of drug-likeness (QED) is 0.460. The predicted molar refractivity (Wildman–Crippen MR) is 106 cm³/mol. The number of amides is 1. The minimum atomic E-state index is 0.351. The molecule has 0 spiro atoms. The van der Waals surface area contributed by atoms with Crippen molar-refractivity contribution in [2.45, 2.75) is 6.42 Å². The van der Waals surface area contributed by atoms with E-state index >= 15 is 0 Å². The number of benzene rings is 2. The van der Waals surface area contributed by atoms with Gasteiger partial charge in [0.2, 0.25) is 18.0 Å². The van der Waals surface area contributed by atoms with Crippen molar-refractivity contribution in [3.05, 3.63) is 72.6 Å². The molecule has 8 nitrogen and oxygen atoms in total. The van der Waals surface area contributed by atoms with E-state index in [1.807, 2.05) is 54.6 Å². The van der Waals surface area contributed by atoms with Crippen LogP contribution in [0, 0.1) is 0 Å². The molecule has 0 fully saturated rings. The van der Waals surface area contributed by atoms with Gasteiger partial charge in [0.05, 0.1) is 0 Å². The third-order valence-corrected chi connectivity index (χ3v) is 4.12. The number of nitrogens with one attached hydrogen (secondary N) is 2. The van der Waals surface area contributed by atoms with E-state index in [0.717, 1.165) is 17.9 Å². The Balaban J connectivity index is 1.36. The monoisotopic (exact) mass is 374 g/mol. The van der Waals surface area contributed by atoms with Crippen LogP contribution in [0.3, 0.4) is 0 Å². The zero-order valence-corrected chi connectivity index (χ0v) is 14.9. The first-order valence-electron chi connectivity index (χ1n) is 8.79. The highest BCUT2D eigenvalue weighted by atomic mass is 16.5. The largest absolute Gasteiger partial charge is 0.457 e. The molecule has 0 aliphatic carbocycles. The summed E-state index contributed by atoms with van der Waals surface area (Å²) in [5, 5.41) is 13.8. The summed E-state index contributed by atoms with van der Waals surface area (Å²) in [7, 11) is 0. The fourth-order valence-electron chi connectivity index (χ4n) is 2.78. The standard InChI is InChI=1S/C20H18N6O2/c27-14-23-20-25-24-19-18(22-12-13-26(19)20)21-11-10-15-6-8-17(9-7-15)28-16-4-2-1-3-5-16/h1-9,12-14H,10-11H2,(H,21,22)(H,23,25,27). The Morgan fingerprint density at radius 1 is 1.00 bits per heavy atom. The number of anilines is 2. The highest BCUT2D eigenvalue weighted by Crippen LogP contribution is 2.21. The van der Waals surface area contributed by atoms with Crippen LogP contribution in [0.15, 0.2) is 67.0 Å². The predicted octanol–water partition coefficient (Wildman–Crippen LogP) is 3.14. The lowest BCUT2D eigenvalue weighted by molar-refractivity contribution is -0.105. The molecule has 0 saturated carbocycles. The first-order valence-corrected chi connectivity index (χ1v) is 8.79. The topological polar surface area (TPSA) is 93.4 Å². The van der Waals surface area contributed by atoms with Crippen molar-refractivity contribution < 1.29 is 9.53 Å². The summed E-state index contributed by atoms with van der Waals surface area (Å²) in [6.07, 6.45) is 4.69. The Kier molecular flexibility index (Phi) is 5.10. The number of hydrogen-bond donors (Lipinski definition) is 2. The van der Waals surface area contributed by atoms with E-state index in [1.54, 1.807) is 16.8 Å². The maximum Gasteiger partial charge on any atom is 0.235 e. The first-order chi connectivity index (χ1) is 13.8. The van der Waals surface area contributed by atoms with Crippen molar-refractivity contribution in [1.29, 1.82) is 0 Å². The third-order valence-electron chi connectivity index (χ3n) is 4.12. The zero-order chi connectivity index (χ0) is 19.2. The van der Waals surface area contributed by atoms with E-state index in [4.69, 9.17) is 4.74 Å². The number of para-hydroxylation sites is 1. The van der Waals surface area contributed by atoms with Gasteiger partial charge in [-0.1, -0.05) is 30.3 Å². The molecule has 4 aromatic rings. The Morgan fingerprint density at radius 2 is 1.79 bits per heavy atom. The molecule has 0 aliphatic heterocycles. The van der Waals surface area contributed by atoms with Gasteiger partial charge in [-0.2, -0.15) is 0 Å². The van der Waals surface area contributed by atoms with Crippen LogP contribution in [0.5, 0.6) is 11.5 Å². The van der Waals surface area contributed by atoms with E-state index in [-0.39, 0.29) is 0 Å². The molecule has 0 atom stereocenters. The van der Waals surface area contributed by atoms with Gasteiger partial charge in [0.15, 0.2) is 5.82 Å². The Labute approximate surface area is 161 Å². The van der Waals surface area contributed by atoms with Crippen LogP contribution in [-0.2, 0) is 11.2 Å². The van der Waals surface area contributed by atoms with Crippen LogP contribution in [0.2, 0.25) is 0 Å². The second kappa shape index (κ2) is 8.17. The van der Waals surface area contributed by atoms with Crippen molar-refractivity contribution in [2.75, 3.05) is 17.2 Å². The molecule has 2 N–H and O–H groups in total. The van der Waals surface area contributed by atoms with Gasteiger partial charge in [0, 0.05) is 18.9 Å². The Morgan fingerprint density at radius 3 is 2.57 bits per heavy atom. The van der Waals surface area contributed by atoms with Crippen LogP contribution < -0.4 is 15.4 Å². The second-order valence-electron chi connectivity index (χ2n) is 5.99. The lowest BCUT2D eigenvalue weighted by atomic mass is 10.1. The maximum atomic E-state index is 10.6. The number of nitrogens with zero attached hydrogens (tertiary/aromatic N) is 4. The van der Waals surface area contributed by atoms with Gasteiger partial charge in [-0.15, -0.1) is 10.2 Å². The molecule has 2 aromatic heterocycles. The Bertz CT molecular complexity index is 1060. The summed E-state index contributed by atoms with van der Waals surface area (Å²) >= 11 is 0. The molecule has 2 aromatic carbocycles. The summed E-state index contributed by atoms with van der Waals surface area (Å²) < 4.78 is 7.47. The molecule has 28 heavy (non-hydrogen) atoms. The van der Waals surface area contributed by atoms with E-state index < -0.39 is 0 Å². The normalized spacial score (nSPS) is 10.6. The number of aromatic nitrogens is 4. The molecule has 2 heterocycles. The van der Waals surface area contributed by atoms with Crippen molar-refractivity contribution in [2.24, 2.45) is 0 Å². The van der Waals surface area contributed by atoms with Crippen molar-refractivity contribution in [1.82, 2.24) is 19.6 Å². The highest BCUT2D eigenvalue weighted by molar-refractivity contribution is 5.71. The highest BCUT2D eigenvalue weighted by Gasteiger charge is 2.09. The van der Waals surface area contributed by atoms with Crippen LogP contribution in [0.4, 0.5) is 11.8 Å². The average molecular weight is 374 g/mol. The number of rotatable bonds is 8. The minimum Gasteiger partial charge on any atom is -0.457 e. The molecule has 140 valence electrons. The van der Waals surface area contributed by atoms with Gasteiger partial charge in [-0.05, 0) is 36.2 Å². The minimum absolute atomic E-state index is 0.351. The fourth-order valence-corrected chi connectivity index (χ4v) is 2.78. The summed E-state index contributed by atoms with van der Waals surface area (Å²) in [5.41, 5.74) is 1.73. The van der Waals surface area contributed by atoms with Crippen molar-refractivity contribution in [3.63, 3.8) is 0 Å². The van der Waals surface area contributed by atoms with Crippen LogP contribution in [0.1, 0.15) is 5.56 Å². The van der Waals surface area contributed by atoms with Crippen LogP contribution in [0.25, 0.3) is 5.65 Å². The number of fused-ring (bicyclic) bond motifs is 1. The van der Waals surface area contributed by atoms with Crippen LogP contribution >= 0.6 is 0 Å². The lowest BCUT2D eigenvalue weighted by Crippen LogP contribution is -2.08. The molecule has 0 saturated heterocycles. The summed E-state index contributed by atoms with van der Waals surface area (Å²) in [4.78, 5) is 14.9. The van der Waals surface area contributed by atoms with Gasteiger partial charge < -0.3 is 10.1 Å². The van der Waals surface area contributed by atoms with Crippen molar-refractivity contribution >= 4 is 23.8 Å². The van der Waals surface area contributed by atoms with Gasteiger partial charge in [-0.3, -0.25) is 14.5 Å². The smallest absolute Gasteiger partial charge is 0.235 e. The zero-order valence-electron chi connectivity index (χ0n) is 14.9. The molecule has 0 unspecified atom stereocenters. The molecule has 0 bridgehead atoms. The van der Waals surface area contributed by atoms with E-state index in [2.05, 4.69) is 25.8 Å². The van der Waals surface area contributed by atoms with Gasteiger partial charge in [-0.25, -0.2) is 4.98 Å². The van der Waals surface area contributed by atoms with Gasteiger partial charge in [0.1, 0.15) is 11.5 Å². The molecule has 4 rings (SSSR count). The SMILES string of the molecule is O=CNc1nnc2c(NCCc3ccc(Oc4ccccc4)cc3)nccn12. The second-order valence-corrected chi connectivity index (χ2v) is 5.99.